The summed E-state index contributed by atoms with van der Waals surface area (Å²) in [6, 6.07) is 4.78. The third-order valence-electron chi connectivity index (χ3n) is 3.72. The van der Waals surface area contributed by atoms with Crippen LogP contribution in [-0.4, -0.2) is 17.6 Å². The molecule has 0 aliphatic carbocycles. The van der Waals surface area contributed by atoms with E-state index in [-0.39, 0.29) is 0 Å². The molecule has 0 saturated carbocycles. The molecule has 1 aromatic rings. The van der Waals surface area contributed by atoms with Crippen LogP contribution in [0.4, 0.5) is 5.69 Å². The van der Waals surface area contributed by atoms with E-state index in [0.29, 0.717) is 12.6 Å². The molecule has 0 bridgehead atoms. The minimum Gasteiger partial charge on any atom is -0.367 e. The summed E-state index contributed by atoms with van der Waals surface area (Å²) in [6.07, 6.45) is 4.58. The summed E-state index contributed by atoms with van der Waals surface area (Å²) in [5, 5.41) is 0. The van der Waals surface area contributed by atoms with Gasteiger partial charge < -0.3 is 10.6 Å². The highest BCUT2D eigenvalue weighted by Crippen LogP contribution is 2.27. The molecule has 2 N–H and O–H groups in total. The second-order valence-corrected chi connectivity index (χ2v) is 4.77. The molecular formula is C13H21N3. The van der Waals surface area contributed by atoms with Crippen molar-refractivity contribution in [1.82, 2.24) is 4.98 Å². The molecule has 3 heteroatoms. The van der Waals surface area contributed by atoms with Crippen molar-refractivity contribution in [2.75, 3.05) is 11.4 Å². The molecule has 1 aliphatic rings. The number of rotatable bonds is 2. The molecule has 0 spiro atoms. The third-order valence-corrected chi connectivity index (χ3v) is 3.72. The van der Waals surface area contributed by atoms with Gasteiger partial charge in [-0.15, -0.1) is 0 Å². The summed E-state index contributed by atoms with van der Waals surface area (Å²) in [6.45, 7) is 6.31. The Labute approximate surface area is 97.7 Å². The monoisotopic (exact) mass is 219 g/mol. The van der Waals surface area contributed by atoms with Crippen LogP contribution in [0.1, 0.15) is 32.4 Å². The molecule has 88 valence electrons. The van der Waals surface area contributed by atoms with Crippen molar-refractivity contribution in [1.29, 1.82) is 0 Å². The second kappa shape index (κ2) is 4.83. The van der Waals surface area contributed by atoms with E-state index >= 15 is 0 Å². The number of hydrogen-bond donors (Lipinski definition) is 1. The lowest BCUT2D eigenvalue weighted by Gasteiger charge is -2.39. The molecule has 2 heterocycles. The Morgan fingerprint density at radius 2 is 2.25 bits per heavy atom. The van der Waals surface area contributed by atoms with E-state index in [1.165, 1.54) is 18.5 Å². The predicted molar refractivity (Wildman–Crippen MR) is 67.3 cm³/mol. The minimum absolute atomic E-state index is 0.520. The predicted octanol–water partition coefficient (Wildman–Crippen LogP) is 2.17. The molecular weight excluding hydrogens is 198 g/mol. The van der Waals surface area contributed by atoms with E-state index < -0.39 is 0 Å². The average Bonchev–Trinajstić information content (AvgIpc) is 2.33. The highest BCUT2D eigenvalue weighted by atomic mass is 15.2. The first-order valence-electron chi connectivity index (χ1n) is 6.14. The van der Waals surface area contributed by atoms with Crippen LogP contribution < -0.4 is 10.6 Å². The van der Waals surface area contributed by atoms with Crippen LogP contribution in [0.5, 0.6) is 0 Å². The molecule has 1 saturated heterocycles. The van der Waals surface area contributed by atoms with Gasteiger partial charge in [0.05, 0.1) is 17.6 Å². The zero-order valence-corrected chi connectivity index (χ0v) is 10.2. The normalized spacial score (nSPS) is 25.8. The van der Waals surface area contributed by atoms with Crippen LogP contribution in [-0.2, 0) is 6.54 Å². The van der Waals surface area contributed by atoms with Gasteiger partial charge in [0.15, 0.2) is 0 Å². The Bertz CT molecular complexity index is 334. The Hall–Kier alpha value is -1.09. The van der Waals surface area contributed by atoms with E-state index in [4.69, 9.17) is 5.73 Å². The number of nitrogens with zero attached hydrogens (tertiary/aromatic N) is 2. The fourth-order valence-electron chi connectivity index (χ4n) is 2.41. The summed E-state index contributed by atoms with van der Waals surface area (Å²) >= 11 is 0. The van der Waals surface area contributed by atoms with Gasteiger partial charge in [0.25, 0.3) is 0 Å². The molecule has 16 heavy (non-hydrogen) atoms. The lowest BCUT2D eigenvalue weighted by Crippen LogP contribution is -2.42. The van der Waals surface area contributed by atoms with E-state index in [9.17, 15) is 0 Å². The van der Waals surface area contributed by atoms with Crippen LogP contribution in [0.15, 0.2) is 18.3 Å². The SMILES string of the molecule is CC1CCCN(c2ccc(CN)nc2)C1C. The summed E-state index contributed by atoms with van der Waals surface area (Å²) < 4.78 is 0. The summed E-state index contributed by atoms with van der Waals surface area (Å²) in [4.78, 5) is 6.82. The highest BCUT2D eigenvalue weighted by molar-refractivity contribution is 5.46. The highest BCUT2D eigenvalue weighted by Gasteiger charge is 2.24. The molecule has 2 atom stereocenters. The van der Waals surface area contributed by atoms with Gasteiger partial charge in [0.2, 0.25) is 0 Å². The van der Waals surface area contributed by atoms with Crippen molar-refractivity contribution in [3.8, 4) is 0 Å². The fourth-order valence-corrected chi connectivity index (χ4v) is 2.41. The van der Waals surface area contributed by atoms with E-state index in [1.807, 2.05) is 12.3 Å². The lowest BCUT2D eigenvalue weighted by atomic mass is 9.92. The standard InChI is InChI=1S/C13H21N3/c1-10-4-3-7-16(11(10)2)13-6-5-12(8-14)15-9-13/h5-6,9-11H,3-4,7-8,14H2,1-2H3. The van der Waals surface area contributed by atoms with Crippen molar-refractivity contribution in [3.05, 3.63) is 24.0 Å². The van der Waals surface area contributed by atoms with Gasteiger partial charge in [0.1, 0.15) is 0 Å². The Balaban J connectivity index is 2.15. The summed E-state index contributed by atoms with van der Waals surface area (Å²) in [5.74, 6) is 0.767. The Kier molecular flexibility index (Phi) is 3.44. The zero-order chi connectivity index (χ0) is 11.5. The second-order valence-electron chi connectivity index (χ2n) is 4.77. The number of pyridine rings is 1. The molecule has 2 rings (SSSR count). The topological polar surface area (TPSA) is 42.1 Å². The number of anilines is 1. The Morgan fingerprint density at radius 1 is 1.44 bits per heavy atom. The van der Waals surface area contributed by atoms with Gasteiger partial charge >= 0.3 is 0 Å². The first kappa shape index (κ1) is 11.4. The van der Waals surface area contributed by atoms with Gasteiger partial charge in [-0.25, -0.2) is 0 Å². The van der Waals surface area contributed by atoms with Crippen molar-refractivity contribution in [2.45, 2.75) is 39.3 Å². The van der Waals surface area contributed by atoms with Crippen molar-refractivity contribution in [3.63, 3.8) is 0 Å². The van der Waals surface area contributed by atoms with Crippen LogP contribution in [0.2, 0.25) is 0 Å². The number of aromatic nitrogens is 1. The maximum Gasteiger partial charge on any atom is 0.0555 e. The van der Waals surface area contributed by atoms with Crippen molar-refractivity contribution in [2.24, 2.45) is 11.7 Å². The van der Waals surface area contributed by atoms with Crippen LogP contribution in [0.25, 0.3) is 0 Å². The number of nitrogens with two attached hydrogens (primary N) is 1. The Morgan fingerprint density at radius 3 is 2.88 bits per heavy atom. The smallest absolute Gasteiger partial charge is 0.0555 e. The average molecular weight is 219 g/mol. The van der Waals surface area contributed by atoms with Crippen LogP contribution in [0.3, 0.4) is 0 Å². The van der Waals surface area contributed by atoms with E-state index in [2.05, 4.69) is 29.8 Å². The molecule has 1 aliphatic heterocycles. The largest absolute Gasteiger partial charge is 0.367 e. The molecule has 0 aromatic carbocycles. The van der Waals surface area contributed by atoms with Gasteiger partial charge in [-0.05, 0) is 37.8 Å². The quantitative estimate of drug-likeness (QED) is 0.829. The molecule has 1 fully saturated rings. The summed E-state index contributed by atoms with van der Waals surface area (Å²) in [7, 11) is 0. The molecule has 3 nitrogen and oxygen atoms in total. The lowest BCUT2D eigenvalue weighted by molar-refractivity contribution is 0.363. The van der Waals surface area contributed by atoms with Crippen molar-refractivity contribution < 1.29 is 0 Å². The minimum atomic E-state index is 0.520. The van der Waals surface area contributed by atoms with Gasteiger partial charge in [0, 0.05) is 19.1 Å². The van der Waals surface area contributed by atoms with Crippen LogP contribution in [0, 0.1) is 5.92 Å². The first-order valence-corrected chi connectivity index (χ1v) is 6.14. The van der Waals surface area contributed by atoms with Gasteiger partial charge in [-0.1, -0.05) is 6.92 Å². The number of piperidine rings is 1. The van der Waals surface area contributed by atoms with Crippen LogP contribution >= 0.6 is 0 Å². The van der Waals surface area contributed by atoms with Crippen molar-refractivity contribution >= 4 is 5.69 Å². The zero-order valence-electron chi connectivity index (χ0n) is 10.2. The van der Waals surface area contributed by atoms with Gasteiger partial charge in [-0.3, -0.25) is 4.98 Å². The maximum atomic E-state index is 5.55. The third kappa shape index (κ3) is 2.19. The summed E-state index contributed by atoms with van der Waals surface area (Å²) in [5.41, 5.74) is 7.74. The van der Waals surface area contributed by atoms with E-state index in [0.717, 1.165) is 18.2 Å². The van der Waals surface area contributed by atoms with E-state index in [1.54, 1.807) is 0 Å². The van der Waals surface area contributed by atoms with Gasteiger partial charge in [-0.2, -0.15) is 0 Å². The maximum absolute atomic E-state index is 5.55. The number of hydrogen-bond acceptors (Lipinski definition) is 3. The molecule has 2 unspecified atom stereocenters. The molecule has 0 radical (unpaired) electrons. The first-order chi connectivity index (χ1) is 7.72. The fraction of sp³-hybridized carbons (Fsp3) is 0.615. The molecule has 1 aromatic heterocycles. The molecule has 0 amide bonds.